The first-order valence-electron chi connectivity index (χ1n) is 7.75. The van der Waals surface area contributed by atoms with Crippen molar-refractivity contribution in [1.29, 1.82) is 0 Å². The summed E-state index contributed by atoms with van der Waals surface area (Å²) in [6.45, 7) is -0.296. The molecule has 1 aromatic carbocycles. The van der Waals surface area contributed by atoms with Crippen LogP contribution in [0.25, 0.3) is 6.08 Å². The Hall–Kier alpha value is -1.78. The fraction of sp³-hybridized carbons (Fsp3) is 0.312. The van der Waals surface area contributed by atoms with Gasteiger partial charge in [-0.3, -0.25) is 14.5 Å². The largest absolute Gasteiger partial charge is 0.351 e. The molecule has 0 spiro atoms. The fourth-order valence-electron chi connectivity index (χ4n) is 2.70. The molecule has 2 fully saturated rings. The van der Waals surface area contributed by atoms with Gasteiger partial charge in [0.15, 0.2) is 9.84 Å². The van der Waals surface area contributed by atoms with E-state index in [-0.39, 0.29) is 32.8 Å². The van der Waals surface area contributed by atoms with Gasteiger partial charge in [-0.05, 0) is 18.6 Å². The number of halogens is 1. The monoisotopic (exact) mass is 414 g/mol. The molecule has 10 heteroatoms. The van der Waals surface area contributed by atoms with E-state index in [0.717, 1.165) is 16.7 Å². The van der Waals surface area contributed by atoms with Gasteiger partial charge in [-0.15, -0.1) is 0 Å². The second-order valence-electron chi connectivity index (χ2n) is 5.96. The van der Waals surface area contributed by atoms with Crippen LogP contribution in [0.3, 0.4) is 0 Å². The van der Waals surface area contributed by atoms with Crippen LogP contribution in [0.4, 0.5) is 4.39 Å². The lowest BCUT2D eigenvalue weighted by Crippen LogP contribution is -2.43. The smallest absolute Gasteiger partial charge is 0.266 e. The molecule has 2 aliphatic rings. The summed E-state index contributed by atoms with van der Waals surface area (Å²) < 4.78 is 36.8. The number of carbonyl (C=O) groups excluding carboxylic acids is 2. The van der Waals surface area contributed by atoms with Crippen LogP contribution in [0.15, 0.2) is 29.2 Å². The Labute approximate surface area is 159 Å². The van der Waals surface area contributed by atoms with E-state index in [2.05, 4.69) is 5.32 Å². The van der Waals surface area contributed by atoms with Crippen molar-refractivity contribution in [2.75, 3.05) is 18.1 Å². The minimum absolute atomic E-state index is 0.0460. The molecule has 0 aliphatic carbocycles. The molecule has 0 saturated carbocycles. The Kier molecular flexibility index (Phi) is 5.44. The van der Waals surface area contributed by atoms with Crippen molar-refractivity contribution in [1.82, 2.24) is 10.2 Å². The normalized spacial score (nSPS) is 23.7. The standard InChI is InChI=1S/C16H15FN2O4S3/c17-12-4-2-1-3-10(12)7-13-15(21)19(16(24)25-13)8-14(20)18-11-5-6-26(22,23)9-11/h1-4,7,11H,5-6,8-9H2,(H,18,20). The number of thiocarbonyl (C=S) groups is 1. The minimum atomic E-state index is -3.11. The number of benzene rings is 1. The van der Waals surface area contributed by atoms with E-state index in [4.69, 9.17) is 12.2 Å². The third kappa shape index (κ3) is 4.30. The molecule has 0 radical (unpaired) electrons. The maximum atomic E-state index is 13.7. The summed E-state index contributed by atoms with van der Waals surface area (Å²) in [5.74, 6) is -1.46. The van der Waals surface area contributed by atoms with Crippen molar-refractivity contribution in [2.24, 2.45) is 0 Å². The highest BCUT2D eigenvalue weighted by Crippen LogP contribution is 2.32. The van der Waals surface area contributed by atoms with Gasteiger partial charge in [0.2, 0.25) is 5.91 Å². The summed E-state index contributed by atoms with van der Waals surface area (Å²) in [7, 11) is -3.11. The first-order chi connectivity index (χ1) is 12.2. The number of hydrogen-bond acceptors (Lipinski definition) is 6. The molecule has 2 aliphatic heterocycles. The number of sulfone groups is 1. The van der Waals surface area contributed by atoms with Gasteiger partial charge in [0.1, 0.15) is 16.7 Å². The topological polar surface area (TPSA) is 83.6 Å². The van der Waals surface area contributed by atoms with Gasteiger partial charge in [0.05, 0.1) is 16.4 Å². The number of nitrogens with zero attached hydrogens (tertiary/aromatic N) is 1. The van der Waals surface area contributed by atoms with Gasteiger partial charge in [-0.2, -0.15) is 0 Å². The molecule has 138 valence electrons. The summed E-state index contributed by atoms with van der Waals surface area (Å²) in [6.07, 6.45) is 1.76. The van der Waals surface area contributed by atoms with Crippen LogP contribution in [-0.4, -0.2) is 53.5 Å². The highest BCUT2D eigenvalue weighted by atomic mass is 32.2. The van der Waals surface area contributed by atoms with Crippen molar-refractivity contribution < 1.29 is 22.4 Å². The molecular formula is C16H15FN2O4S3. The van der Waals surface area contributed by atoms with E-state index in [0.29, 0.717) is 6.42 Å². The average molecular weight is 415 g/mol. The summed E-state index contributed by atoms with van der Waals surface area (Å²) in [5.41, 5.74) is 0.258. The predicted molar refractivity (Wildman–Crippen MR) is 101 cm³/mol. The molecule has 0 aromatic heterocycles. The van der Waals surface area contributed by atoms with Crippen molar-refractivity contribution in [2.45, 2.75) is 12.5 Å². The van der Waals surface area contributed by atoms with Crippen LogP contribution in [-0.2, 0) is 19.4 Å². The molecule has 3 rings (SSSR count). The number of amides is 2. The van der Waals surface area contributed by atoms with Crippen LogP contribution in [0.2, 0.25) is 0 Å². The number of hydrogen-bond donors (Lipinski definition) is 1. The summed E-state index contributed by atoms with van der Waals surface area (Å²) in [4.78, 5) is 25.9. The van der Waals surface area contributed by atoms with Crippen LogP contribution in [0.1, 0.15) is 12.0 Å². The molecule has 0 bridgehead atoms. The van der Waals surface area contributed by atoms with Gasteiger partial charge in [0.25, 0.3) is 5.91 Å². The van der Waals surface area contributed by atoms with Crippen molar-refractivity contribution in [3.8, 4) is 0 Å². The van der Waals surface area contributed by atoms with Crippen molar-refractivity contribution >= 4 is 56.0 Å². The Morgan fingerprint density at radius 2 is 2.15 bits per heavy atom. The Bertz CT molecular complexity index is 914. The molecule has 6 nitrogen and oxygen atoms in total. The van der Waals surface area contributed by atoms with E-state index in [1.807, 2.05) is 0 Å². The number of rotatable bonds is 4. The van der Waals surface area contributed by atoms with Crippen LogP contribution in [0, 0.1) is 5.82 Å². The lowest BCUT2D eigenvalue weighted by molar-refractivity contribution is -0.129. The zero-order valence-electron chi connectivity index (χ0n) is 13.5. The van der Waals surface area contributed by atoms with Crippen LogP contribution in [0.5, 0.6) is 0 Å². The Balaban J connectivity index is 1.66. The molecule has 1 atom stereocenters. The Morgan fingerprint density at radius 3 is 2.81 bits per heavy atom. The van der Waals surface area contributed by atoms with E-state index >= 15 is 0 Å². The lowest BCUT2D eigenvalue weighted by Gasteiger charge is -2.16. The van der Waals surface area contributed by atoms with Crippen LogP contribution < -0.4 is 5.32 Å². The summed E-state index contributed by atoms with van der Waals surface area (Å²) >= 11 is 6.13. The van der Waals surface area contributed by atoms with Crippen LogP contribution >= 0.6 is 24.0 Å². The molecule has 2 amide bonds. The first kappa shape index (κ1) is 19.0. The van der Waals surface area contributed by atoms with E-state index in [1.165, 1.54) is 18.2 Å². The van der Waals surface area contributed by atoms with Crippen molar-refractivity contribution in [3.63, 3.8) is 0 Å². The second-order valence-corrected chi connectivity index (χ2v) is 9.86. The zero-order valence-corrected chi connectivity index (χ0v) is 15.9. The highest BCUT2D eigenvalue weighted by molar-refractivity contribution is 8.26. The first-order valence-corrected chi connectivity index (χ1v) is 10.8. The molecular weight excluding hydrogens is 399 g/mol. The van der Waals surface area contributed by atoms with E-state index < -0.39 is 33.5 Å². The average Bonchev–Trinajstić information content (AvgIpc) is 3.03. The van der Waals surface area contributed by atoms with Gasteiger partial charge in [0, 0.05) is 11.6 Å². The predicted octanol–water partition coefficient (Wildman–Crippen LogP) is 1.33. The third-order valence-electron chi connectivity index (χ3n) is 3.96. The summed E-state index contributed by atoms with van der Waals surface area (Å²) in [5, 5.41) is 2.62. The molecule has 1 aromatic rings. The minimum Gasteiger partial charge on any atom is -0.351 e. The van der Waals surface area contributed by atoms with Gasteiger partial charge in [-0.1, -0.05) is 42.2 Å². The quantitative estimate of drug-likeness (QED) is 0.591. The van der Waals surface area contributed by atoms with Gasteiger partial charge >= 0.3 is 0 Å². The highest BCUT2D eigenvalue weighted by Gasteiger charge is 2.35. The molecule has 26 heavy (non-hydrogen) atoms. The SMILES string of the molecule is O=C(CN1C(=O)C(=Cc2ccccc2F)SC1=S)NC1CCS(=O)(=O)C1. The maximum Gasteiger partial charge on any atom is 0.266 e. The van der Waals surface area contributed by atoms with Gasteiger partial charge < -0.3 is 5.32 Å². The summed E-state index contributed by atoms with van der Waals surface area (Å²) in [6, 6.07) is 5.58. The number of nitrogens with one attached hydrogen (secondary N) is 1. The zero-order chi connectivity index (χ0) is 18.9. The third-order valence-corrected chi connectivity index (χ3v) is 7.11. The van der Waals surface area contributed by atoms with E-state index in [9.17, 15) is 22.4 Å². The molecule has 2 saturated heterocycles. The number of carbonyl (C=O) groups is 2. The number of thioether (sulfide) groups is 1. The maximum absolute atomic E-state index is 13.7. The Morgan fingerprint density at radius 1 is 1.42 bits per heavy atom. The van der Waals surface area contributed by atoms with E-state index in [1.54, 1.807) is 12.1 Å². The second kappa shape index (κ2) is 7.45. The fourth-order valence-corrected chi connectivity index (χ4v) is 5.61. The molecule has 1 N–H and O–H groups in total. The lowest BCUT2D eigenvalue weighted by atomic mass is 10.2. The van der Waals surface area contributed by atoms with Gasteiger partial charge in [-0.25, -0.2) is 12.8 Å². The van der Waals surface area contributed by atoms with Crippen molar-refractivity contribution in [3.05, 3.63) is 40.6 Å². The molecule has 2 heterocycles. The molecule has 1 unspecified atom stereocenters.